The molecular formula is C13H15NO2S. The summed E-state index contributed by atoms with van der Waals surface area (Å²) in [4.78, 5) is 12.6. The Balaban J connectivity index is 2.58. The number of methoxy groups -OCH3 is 1. The Kier molecular flexibility index (Phi) is 5.44. The quantitative estimate of drug-likeness (QED) is 0.640. The number of hydrogen-bond acceptors (Lipinski definition) is 3. The average molecular weight is 249 g/mol. The molecule has 17 heavy (non-hydrogen) atoms. The van der Waals surface area contributed by atoms with E-state index < -0.39 is 0 Å². The van der Waals surface area contributed by atoms with E-state index in [9.17, 15) is 4.79 Å². The fraction of sp³-hybridized carbons (Fsp3) is 0.308. The number of nitrogens with one attached hydrogen (secondary N) is 1. The van der Waals surface area contributed by atoms with Crippen LogP contribution in [0.5, 0.6) is 5.75 Å². The highest BCUT2D eigenvalue weighted by Gasteiger charge is 2.13. The van der Waals surface area contributed by atoms with Crippen molar-refractivity contribution in [1.29, 1.82) is 0 Å². The third-order valence-corrected chi connectivity index (χ3v) is 3.18. The van der Waals surface area contributed by atoms with Crippen molar-refractivity contribution in [3.05, 3.63) is 24.3 Å². The summed E-state index contributed by atoms with van der Waals surface area (Å²) >= 11 is 1.47. The molecule has 0 aromatic heterocycles. The van der Waals surface area contributed by atoms with Crippen molar-refractivity contribution in [2.75, 3.05) is 13.7 Å². The molecule has 0 fully saturated rings. The highest BCUT2D eigenvalue weighted by Crippen LogP contribution is 2.26. The summed E-state index contributed by atoms with van der Waals surface area (Å²) in [5, 5.41) is 2.47. The van der Waals surface area contributed by atoms with Crippen molar-refractivity contribution in [2.24, 2.45) is 0 Å². The van der Waals surface area contributed by atoms with Crippen LogP contribution in [0.25, 0.3) is 0 Å². The number of ether oxygens (including phenoxy) is 1. The second-order valence-corrected chi connectivity index (χ2v) is 4.78. The molecule has 1 N–H and O–H groups in total. The minimum atomic E-state index is -0.185. The predicted molar refractivity (Wildman–Crippen MR) is 70.2 cm³/mol. The van der Waals surface area contributed by atoms with Gasteiger partial charge in [-0.05, 0) is 25.1 Å². The van der Waals surface area contributed by atoms with Crippen molar-refractivity contribution in [1.82, 2.24) is 5.32 Å². The van der Waals surface area contributed by atoms with Crippen LogP contribution in [0.15, 0.2) is 29.2 Å². The van der Waals surface area contributed by atoms with Gasteiger partial charge in [-0.3, -0.25) is 4.79 Å². The summed E-state index contributed by atoms with van der Waals surface area (Å²) in [5.74, 6) is 3.10. The lowest BCUT2D eigenvalue weighted by Gasteiger charge is -2.11. The lowest BCUT2D eigenvalue weighted by molar-refractivity contribution is -0.120. The maximum absolute atomic E-state index is 11.6. The topological polar surface area (TPSA) is 38.3 Å². The van der Waals surface area contributed by atoms with E-state index in [4.69, 9.17) is 11.2 Å². The molecule has 0 aliphatic carbocycles. The molecule has 0 spiro atoms. The van der Waals surface area contributed by atoms with Crippen molar-refractivity contribution >= 4 is 17.7 Å². The maximum atomic E-state index is 11.6. The Hall–Kier alpha value is -1.60. The van der Waals surface area contributed by atoms with Crippen molar-refractivity contribution in [2.45, 2.75) is 17.1 Å². The number of terminal acetylenes is 1. The molecule has 0 aliphatic rings. The third-order valence-electron chi connectivity index (χ3n) is 2.09. The van der Waals surface area contributed by atoms with Gasteiger partial charge in [-0.25, -0.2) is 0 Å². The Bertz CT molecular complexity index is 426. The fourth-order valence-corrected chi connectivity index (χ4v) is 2.15. The van der Waals surface area contributed by atoms with E-state index in [-0.39, 0.29) is 17.7 Å². The predicted octanol–water partition coefficient (Wildman–Crippen LogP) is 1.93. The Labute approximate surface area is 106 Å². The van der Waals surface area contributed by atoms with Crippen LogP contribution in [-0.2, 0) is 4.79 Å². The van der Waals surface area contributed by atoms with Crippen LogP contribution < -0.4 is 10.1 Å². The second kappa shape index (κ2) is 6.87. The molecule has 1 atom stereocenters. The van der Waals surface area contributed by atoms with Crippen LogP contribution in [0, 0.1) is 12.3 Å². The van der Waals surface area contributed by atoms with Gasteiger partial charge in [-0.15, -0.1) is 18.2 Å². The molecule has 90 valence electrons. The lowest BCUT2D eigenvalue weighted by Crippen LogP contribution is -2.30. The first kappa shape index (κ1) is 13.5. The number of rotatable bonds is 5. The van der Waals surface area contributed by atoms with Crippen molar-refractivity contribution < 1.29 is 9.53 Å². The first-order valence-corrected chi connectivity index (χ1v) is 6.07. The van der Waals surface area contributed by atoms with Gasteiger partial charge in [-0.1, -0.05) is 12.0 Å². The molecule has 0 radical (unpaired) electrons. The van der Waals surface area contributed by atoms with Gasteiger partial charge in [0.25, 0.3) is 0 Å². The molecule has 4 heteroatoms. The minimum Gasteiger partial charge on any atom is -0.497 e. The van der Waals surface area contributed by atoms with Crippen molar-refractivity contribution in [3.8, 4) is 18.1 Å². The first-order chi connectivity index (χ1) is 8.17. The van der Waals surface area contributed by atoms with Gasteiger partial charge in [-0.2, -0.15) is 0 Å². The summed E-state index contributed by atoms with van der Waals surface area (Å²) in [6.45, 7) is 2.11. The Morgan fingerprint density at radius 3 is 3.06 bits per heavy atom. The standard InChI is InChI=1S/C13H15NO2S/c1-4-8-14-13(15)10(2)17-12-7-5-6-11(9-12)16-3/h1,5-7,9-10H,8H2,2-3H3,(H,14,15). The number of amides is 1. The molecular weight excluding hydrogens is 234 g/mol. The largest absolute Gasteiger partial charge is 0.497 e. The number of hydrogen-bond donors (Lipinski definition) is 1. The van der Waals surface area contributed by atoms with Crippen LogP contribution in [0.2, 0.25) is 0 Å². The highest BCUT2D eigenvalue weighted by atomic mass is 32.2. The summed E-state index contributed by atoms with van der Waals surface area (Å²) < 4.78 is 5.12. The molecule has 0 saturated heterocycles. The second-order valence-electron chi connectivity index (χ2n) is 3.36. The summed E-state index contributed by atoms with van der Waals surface area (Å²) in [7, 11) is 1.62. The van der Waals surface area contributed by atoms with Gasteiger partial charge in [0, 0.05) is 4.90 Å². The van der Waals surface area contributed by atoms with Crippen LogP contribution in [0.3, 0.4) is 0 Å². The lowest BCUT2D eigenvalue weighted by atomic mass is 10.3. The van der Waals surface area contributed by atoms with E-state index in [1.807, 2.05) is 31.2 Å². The molecule has 1 aromatic carbocycles. The molecule has 0 aliphatic heterocycles. The molecule has 1 unspecified atom stereocenters. The van der Waals surface area contributed by atoms with E-state index in [2.05, 4.69) is 11.2 Å². The first-order valence-electron chi connectivity index (χ1n) is 5.19. The number of carbonyl (C=O) groups excluding carboxylic acids is 1. The zero-order valence-corrected chi connectivity index (χ0v) is 10.7. The zero-order valence-electron chi connectivity index (χ0n) is 9.90. The van der Waals surface area contributed by atoms with Gasteiger partial charge in [0.05, 0.1) is 18.9 Å². The van der Waals surface area contributed by atoms with E-state index in [1.54, 1.807) is 7.11 Å². The van der Waals surface area contributed by atoms with E-state index in [0.717, 1.165) is 10.6 Å². The van der Waals surface area contributed by atoms with E-state index in [1.165, 1.54) is 11.8 Å². The summed E-state index contributed by atoms with van der Waals surface area (Å²) in [5.41, 5.74) is 0. The summed E-state index contributed by atoms with van der Waals surface area (Å²) in [6.07, 6.45) is 5.08. The normalized spacial score (nSPS) is 11.4. The van der Waals surface area contributed by atoms with Crippen molar-refractivity contribution in [3.63, 3.8) is 0 Å². The average Bonchev–Trinajstić information content (AvgIpc) is 2.36. The van der Waals surface area contributed by atoms with Gasteiger partial charge < -0.3 is 10.1 Å². The van der Waals surface area contributed by atoms with E-state index in [0.29, 0.717) is 0 Å². The van der Waals surface area contributed by atoms with Crippen LogP contribution in [-0.4, -0.2) is 24.8 Å². The highest BCUT2D eigenvalue weighted by molar-refractivity contribution is 8.00. The smallest absolute Gasteiger partial charge is 0.233 e. The summed E-state index contributed by atoms with van der Waals surface area (Å²) in [6, 6.07) is 7.61. The van der Waals surface area contributed by atoms with Gasteiger partial charge in [0.1, 0.15) is 5.75 Å². The molecule has 0 bridgehead atoms. The number of carbonyl (C=O) groups is 1. The zero-order chi connectivity index (χ0) is 12.7. The Morgan fingerprint density at radius 1 is 1.65 bits per heavy atom. The van der Waals surface area contributed by atoms with E-state index >= 15 is 0 Å². The third kappa shape index (κ3) is 4.41. The molecule has 1 amide bonds. The van der Waals surface area contributed by atoms with Crippen LogP contribution in [0.1, 0.15) is 6.92 Å². The molecule has 0 heterocycles. The SMILES string of the molecule is C#CCNC(=O)C(C)Sc1cccc(OC)c1. The van der Waals surface area contributed by atoms with Crippen LogP contribution in [0.4, 0.5) is 0 Å². The monoisotopic (exact) mass is 249 g/mol. The molecule has 1 rings (SSSR count). The van der Waals surface area contributed by atoms with Crippen LogP contribution >= 0.6 is 11.8 Å². The number of thioether (sulfide) groups is 1. The molecule has 1 aromatic rings. The van der Waals surface area contributed by atoms with Gasteiger partial charge in [0.15, 0.2) is 0 Å². The van der Waals surface area contributed by atoms with Gasteiger partial charge in [0.2, 0.25) is 5.91 Å². The molecule has 0 saturated carbocycles. The molecule has 3 nitrogen and oxygen atoms in total. The minimum absolute atomic E-state index is 0.0595. The maximum Gasteiger partial charge on any atom is 0.233 e. The Morgan fingerprint density at radius 2 is 2.41 bits per heavy atom. The van der Waals surface area contributed by atoms with Gasteiger partial charge >= 0.3 is 0 Å². The number of benzene rings is 1. The fourth-order valence-electron chi connectivity index (χ4n) is 1.21.